The molecule has 0 aliphatic carbocycles. The number of carbonyl (C=O) groups is 1. The Hall–Kier alpha value is -3.73. The van der Waals surface area contributed by atoms with Gasteiger partial charge in [-0.3, -0.25) is 4.79 Å². The number of carbonyl (C=O) groups excluding carboxylic acids is 1. The Bertz CT molecular complexity index is 1060. The third-order valence-electron chi connectivity index (χ3n) is 4.88. The zero-order valence-electron chi connectivity index (χ0n) is 16.2. The third-order valence-corrected chi connectivity index (χ3v) is 4.88. The van der Waals surface area contributed by atoms with Crippen molar-refractivity contribution in [1.29, 1.82) is 0 Å². The standard InChI is InChI=1S/C24H22N4O/c1-18(20-11-13-23(14-12-20)28-17-25-16-26-28)27-24(29)15-19-7-9-22(10-8-19)21-5-3-2-4-6-21/h2-14,16-18H,15H2,1H3,(H,27,29)/t18-/m1/s1. The Morgan fingerprint density at radius 2 is 1.62 bits per heavy atom. The van der Waals surface area contributed by atoms with Gasteiger partial charge in [0.15, 0.2) is 0 Å². The highest BCUT2D eigenvalue weighted by Crippen LogP contribution is 2.20. The van der Waals surface area contributed by atoms with E-state index in [1.807, 2.05) is 61.5 Å². The Labute approximate surface area is 170 Å². The number of hydrogen-bond acceptors (Lipinski definition) is 3. The maximum Gasteiger partial charge on any atom is 0.224 e. The van der Waals surface area contributed by atoms with Crippen molar-refractivity contribution in [3.63, 3.8) is 0 Å². The molecule has 5 nitrogen and oxygen atoms in total. The first kappa shape index (κ1) is 18.6. The normalized spacial score (nSPS) is 11.8. The van der Waals surface area contributed by atoms with Crippen molar-refractivity contribution in [3.8, 4) is 16.8 Å². The van der Waals surface area contributed by atoms with Gasteiger partial charge >= 0.3 is 0 Å². The fourth-order valence-electron chi connectivity index (χ4n) is 3.26. The van der Waals surface area contributed by atoms with Gasteiger partial charge in [-0.1, -0.05) is 66.7 Å². The van der Waals surface area contributed by atoms with E-state index < -0.39 is 0 Å². The molecule has 0 radical (unpaired) electrons. The van der Waals surface area contributed by atoms with Gasteiger partial charge in [0.2, 0.25) is 5.91 Å². The fourth-order valence-corrected chi connectivity index (χ4v) is 3.26. The van der Waals surface area contributed by atoms with Gasteiger partial charge in [0, 0.05) is 0 Å². The highest BCUT2D eigenvalue weighted by Gasteiger charge is 2.11. The van der Waals surface area contributed by atoms with E-state index in [0.717, 1.165) is 22.4 Å². The van der Waals surface area contributed by atoms with Crippen molar-refractivity contribution in [2.45, 2.75) is 19.4 Å². The lowest BCUT2D eigenvalue weighted by Gasteiger charge is -2.15. The predicted molar refractivity (Wildman–Crippen MR) is 113 cm³/mol. The molecule has 3 aromatic carbocycles. The second kappa shape index (κ2) is 8.52. The Morgan fingerprint density at radius 1 is 0.931 bits per heavy atom. The van der Waals surface area contributed by atoms with E-state index in [1.165, 1.54) is 11.9 Å². The Morgan fingerprint density at radius 3 is 2.28 bits per heavy atom. The zero-order chi connectivity index (χ0) is 20.1. The predicted octanol–water partition coefficient (Wildman–Crippen LogP) is 4.35. The molecule has 4 rings (SSSR count). The first-order valence-electron chi connectivity index (χ1n) is 9.58. The van der Waals surface area contributed by atoms with Crippen molar-refractivity contribution in [3.05, 3.63) is 103 Å². The summed E-state index contributed by atoms with van der Waals surface area (Å²) in [6.07, 6.45) is 3.52. The molecule has 1 N–H and O–H groups in total. The smallest absolute Gasteiger partial charge is 0.224 e. The van der Waals surface area contributed by atoms with Gasteiger partial charge in [0.25, 0.3) is 0 Å². The molecule has 5 heteroatoms. The van der Waals surface area contributed by atoms with E-state index in [1.54, 1.807) is 11.0 Å². The molecular formula is C24H22N4O. The topological polar surface area (TPSA) is 59.8 Å². The molecule has 1 atom stereocenters. The van der Waals surface area contributed by atoms with Gasteiger partial charge in [-0.05, 0) is 41.3 Å². The number of hydrogen-bond donors (Lipinski definition) is 1. The maximum atomic E-state index is 12.5. The molecule has 0 aliphatic rings. The van der Waals surface area contributed by atoms with Gasteiger partial charge in [0.1, 0.15) is 12.7 Å². The molecule has 0 saturated heterocycles. The summed E-state index contributed by atoms with van der Waals surface area (Å²) >= 11 is 0. The molecule has 144 valence electrons. The Kier molecular flexibility index (Phi) is 5.47. The summed E-state index contributed by atoms with van der Waals surface area (Å²) in [4.78, 5) is 16.4. The van der Waals surface area contributed by atoms with Gasteiger partial charge in [0.05, 0.1) is 18.2 Å². The summed E-state index contributed by atoms with van der Waals surface area (Å²) in [5.74, 6) is 0.00492. The largest absolute Gasteiger partial charge is 0.349 e. The molecular weight excluding hydrogens is 360 g/mol. The van der Waals surface area contributed by atoms with Crippen molar-refractivity contribution in [2.75, 3.05) is 0 Å². The number of nitrogens with one attached hydrogen (secondary N) is 1. The molecule has 29 heavy (non-hydrogen) atoms. The first-order valence-corrected chi connectivity index (χ1v) is 9.58. The molecule has 0 unspecified atom stereocenters. The molecule has 4 aromatic rings. The first-order chi connectivity index (χ1) is 14.2. The molecule has 1 amide bonds. The van der Waals surface area contributed by atoms with E-state index in [4.69, 9.17) is 0 Å². The maximum absolute atomic E-state index is 12.5. The highest BCUT2D eigenvalue weighted by atomic mass is 16.1. The molecule has 1 aromatic heterocycles. The lowest BCUT2D eigenvalue weighted by molar-refractivity contribution is -0.121. The fraction of sp³-hybridized carbons (Fsp3) is 0.125. The van der Waals surface area contributed by atoms with Gasteiger partial charge in [-0.15, -0.1) is 0 Å². The van der Waals surface area contributed by atoms with Crippen LogP contribution in [0.4, 0.5) is 0 Å². The second-order valence-corrected chi connectivity index (χ2v) is 6.96. The number of amides is 1. The molecule has 0 fully saturated rings. The Balaban J connectivity index is 1.35. The number of benzene rings is 3. The van der Waals surface area contributed by atoms with Crippen LogP contribution < -0.4 is 5.32 Å². The average Bonchev–Trinajstić information content (AvgIpc) is 3.30. The van der Waals surface area contributed by atoms with Crippen molar-refractivity contribution < 1.29 is 4.79 Å². The van der Waals surface area contributed by atoms with Gasteiger partial charge < -0.3 is 5.32 Å². The summed E-state index contributed by atoms with van der Waals surface area (Å²) in [6.45, 7) is 1.99. The molecule has 0 saturated carbocycles. The van der Waals surface area contributed by atoms with Crippen LogP contribution in [0.15, 0.2) is 91.5 Å². The quantitative estimate of drug-likeness (QED) is 0.539. The zero-order valence-corrected chi connectivity index (χ0v) is 16.2. The van der Waals surface area contributed by atoms with E-state index in [2.05, 4.69) is 39.7 Å². The monoisotopic (exact) mass is 382 g/mol. The molecule has 1 heterocycles. The van der Waals surface area contributed by atoms with Crippen LogP contribution in [0.5, 0.6) is 0 Å². The third kappa shape index (κ3) is 4.58. The van der Waals surface area contributed by atoms with Crippen LogP contribution in [0.25, 0.3) is 16.8 Å². The highest BCUT2D eigenvalue weighted by molar-refractivity contribution is 5.79. The van der Waals surface area contributed by atoms with Crippen LogP contribution >= 0.6 is 0 Å². The number of aromatic nitrogens is 3. The van der Waals surface area contributed by atoms with Gasteiger partial charge in [-0.25, -0.2) is 9.67 Å². The van der Waals surface area contributed by atoms with Crippen LogP contribution in [0, 0.1) is 0 Å². The van der Waals surface area contributed by atoms with Crippen molar-refractivity contribution in [1.82, 2.24) is 20.1 Å². The molecule has 0 bridgehead atoms. The van der Waals surface area contributed by atoms with Crippen molar-refractivity contribution >= 4 is 5.91 Å². The van der Waals surface area contributed by atoms with Crippen LogP contribution in [0.3, 0.4) is 0 Å². The summed E-state index contributed by atoms with van der Waals surface area (Å²) in [5.41, 5.74) is 5.29. The summed E-state index contributed by atoms with van der Waals surface area (Å²) in [7, 11) is 0. The van der Waals surface area contributed by atoms with Crippen molar-refractivity contribution in [2.24, 2.45) is 0 Å². The van der Waals surface area contributed by atoms with E-state index >= 15 is 0 Å². The van der Waals surface area contributed by atoms with Crippen LogP contribution in [0.1, 0.15) is 24.1 Å². The average molecular weight is 382 g/mol. The molecule has 0 spiro atoms. The van der Waals surface area contributed by atoms with Gasteiger partial charge in [-0.2, -0.15) is 5.10 Å². The second-order valence-electron chi connectivity index (χ2n) is 6.96. The van der Waals surface area contributed by atoms with Crippen LogP contribution in [-0.4, -0.2) is 20.7 Å². The number of nitrogens with zero attached hydrogens (tertiary/aromatic N) is 3. The van der Waals surface area contributed by atoms with Crippen LogP contribution in [0.2, 0.25) is 0 Å². The summed E-state index contributed by atoms with van der Waals surface area (Å²) < 4.78 is 1.70. The summed E-state index contributed by atoms with van der Waals surface area (Å²) in [6, 6.07) is 26.2. The van der Waals surface area contributed by atoms with E-state index in [-0.39, 0.29) is 11.9 Å². The minimum atomic E-state index is -0.0733. The number of rotatable bonds is 6. The minimum Gasteiger partial charge on any atom is -0.349 e. The summed E-state index contributed by atoms with van der Waals surface area (Å²) in [5, 5.41) is 7.19. The lowest BCUT2D eigenvalue weighted by atomic mass is 10.0. The van der Waals surface area contributed by atoms with Crippen LogP contribution in [-0.2, 0) is 11.2 Å². The molecule has 0 aliphatic heterocycles. The van der Waals surface area contributed by atoms with E-state index in [9.17, 15) is 4.79 Å². The lowest BCUT2D eigenvalue weighted by Crippen LogP contribution is -2.28. The minimum absolute atomic E-state index is 0.00492. The SMILES string of the molecule is C[C@@H](NC(=O)Cc1ccc(-c2ccccc2)cc1)c1ccc(-n2cncn2)cc1. The van der Waals surface area contributed by atoms with E-state index in [0.29, 0.717) is 6.42 Å².